The number of piperidine rings is 1. The summed E-state index contributed by atoms with van der Waals surface area (Å²) in [6, 6.07) is 8.00. The lowest BCUT2D eigenvalue weighted by Crippen LogP contribution is -2.36. The minimum atomic E-state index is 0.536. The summed E-state index contributed by atoms with van der Waals surface area (Å²) in [6.07, 6.45) is 9.31. The zero-order chi connectivity index (χ0) is 22.1. The molecule has 5 rings (SSSR count). The number of halogens is 1. The lowest BCUT2D eigenvalue weighted by atomic mass is 9.97. The first-order valence-electron chi connectivity index (χ1n) is 11.2. The lowest BCUT2D eigenvalue weighted by Gasteiger charge is -2.33. The fourth-order valence-electron chi connectivity index (χ4n) is 4.22. The molecule has 0 unspecified atom stereocenters. The van der Waals surface area contributed by atoms with E-state index in [1.807, 2.05) is 28.6 Å². The average Bonchev–Trinajstić information content (AvgIpc) is 3.54. The number of nitrogens with one attached hydrogen (secondary N) is 1. The van der Waals surface area contributed by atoms with Crippen molar-refractivity contribution in [3.8, 4) is 22.8 Å². The van der Waals surface area contributed by atoms with Gasteiger partial charge in [-0.2, -0.15) is 0 Å². The van der Waals surface area contributed by atoms with Crippen molar-refractivity contribution in [1.82, 2.24) is 14.1 Å². The molecule has 8 heteroatoms. The third-order valence-corrected chi connectivity index (χ3v) is 7.75. The smallest absolute Gasteiger partial charge is 0.141 e. The highest BCUT2D eigenvalue weighted by atomic mass is 35.5. The Morgan fingerprint density at radius 3 is 2.59 bits per heavy atom. The number of ether oxygens (including phenoxy) is 2. The van der Waals surface area contributed by atoms with Gasteiger partial charge in [0, 0.05) is 60.7 Å². The summed E-state index contributed by atoms with van der Waals surface area (Å²) < 4.78 is 16.5. The standard InChI is InChI=1S/C24H29ClN4O2S/c1-30-22-13-23(31-2)20(25)12-19(22)21-15-29-10-7-17(11-24(29)27-21)28-8-5-16(6-9-28)14-26-32-18-3-4-18/h7,10-13,15-16,18,26H,3-6,8-9,14H2,1-2H3. The van der Waals surface area contributed by atoms with Crippen LogP contribution in [-0.4, -0.2) is 48.5 Å². The third kappa shape index (κ3) is 4.65. The summed E-state index contributed by atoms with van der Waals surface area (Å²) in [5.74, 6) is 2.04. The quantitative estimate of drug-likeness (QED) is 0.449. The molecule has 1 saturated heterocycles. The Bertz CT molecular complexity index is 1090. The van der Waals surface area contributed by atoms with Crippen molar-refractivity contribution >= 4 is 34.9 Å². The summed E-state index contributed by atoms with van der Waals surface area (Å²) in [5.41, 5.74) is 3.81. The van der Waals surface area contributed by atoms with Gasteiger partial charge in [-0.15, -0.1) is 0 Å². The monoisotopic (exact) mass is 472 g/mol. The van der Waals surface area contributed by atoms with Gasteiger partial charge in [0.25, 0.3) is 0 Å². The molecule has 1 N–H and O–H groups in total. The molecule has 6 nitrogen and oxygen atoms in total. The van der Waals surface area contributed by atoms with Gasteiger partial charge < -0.3 is 18.8 Å². The Labute approximate surface area is 198 Å². The van der Waals surface area contributed by atoms with Gasteiger partial charge in [0.1, 0.15) is 17.1 Å². The van der Waals surface area contributed by atoms with E-state index in [2.05, 4.69) is 28.0 Å². The van der Waals surface area contributed by atoms with Gasteiger partial charge in [0.2, 0.25) is 0 Å². The van der Waals surface area contributed by atoms with E-state index in [-0.39, 0.29) is 0 Å². The van der Waals surface area contributed by atoms with E-state index in [0.717, 1.165) is 47.7 Å². The summed E-state index contributed by atoms with van der Waals surface area (Å²) in [7, 11) is 3.24. The second-order valence-electron chi connectivity index (χ2n) is 8.56. The molecule has 0 radical (unpaired) electrons. The molecular weight excluding hydrogens is 444 g/mol. The number of anilines is 1. The highest BCUT2D eigenvalue weighted by Gasteiger charge is 2.24. The minimum absolute atomic E-state index is 0.536. The van der Waals surface area contributed by atoms with Crippen LogP contribution < -0.4 is 19.1 Å². The Balaban J connectivity index is 1.30. The van der Waals surface area contributed by atoms with Crippen molar-refractivity contribution < 1.29 is 9.47 Å². The normalized spacial score (nSPS) is 17.2. The molecule has 1 saturated carbocycles. The van der Waals surface area contributed by atoms with Gasteiger partial charge in [-0.1, -0.05) is 23.5 Å². The maximum absolute atomic E-state index is 6.37. The van der Waals surface area contributed by atoms with Crippen LogP contribution in [0.15, 0.2) is 36.7 Å². The van der Waals surface area contributed by atoms with Crippen LogP contribution in [0, 0.1) is 5.92 Å². The van der Waals surface area contributed by atoms with Gasteiger partial charge >= 0.3 is 0 Å². The molecule has 3 aromatic rings. The predicted molar refractivity (Wildman–Crippen MR) is 132 cm³/mol. The van der Waals surface area contributed by atoms with Crippen LogP contribution in [0.25, 0.3) is 16.9 Å². The Morgan fingerprint density at radius 1 is 1.09 bits per heavy atom. The van der Waals surface area contributed by atoms with Crippen LogP contribution in [0.1, 0.15) is 25.7 Å². The van der Waals surface area contributed by atoms with E-state index in [1.165, 1.54) is 31.4 Å². The number of pyridine rings is 1. The molecule has 1 aromatic carbocycles. The maximum atomic E-state index is 6.37. The number of imidazole rings is 1. The molecular formula is C24H29ClN4O2S. The molecule has 3 heterocycles. The summed E-state index contributed by atoms with van der Waals surface area (Å²) in [5, 5.41) is 1.41. The first-order chi connectivity index (χ1) is 15.6. The van der Waals surface area contributed by atoms with Crippen LogP contribution in [0.2, 0.25) is 5.02 Å². The van der Waals surface area contributed by atoms with E-state index in [9.17, 15) is 0 Å². The van der Waals surface area contributed by atoms with Crippen molar-refractivity contribution in [3.63, 3.8) is 0 Å². The fraction of sp³-hybridized carbons (Fsp3) is 0.458. The van der Waals surface area contributed by atoms with Gasteiger partial charge in [0.05, 0.1) is 24.9 Å². The Morgan fingerprint density at radius 2 is 1.88 bits per heavy atom. The van der Waals surface area contributed by atoms with Crippen molar-refractivity contribution in [2.24, 2.45) is 5.92 Å². The number of aromatic nitrogens is 2. The highest BCUT2D eigenvalue weighted by Crippen LogP contribution is 2.38. The Kier molecular flexibility index (Phi) is 6.40. The van der Waals surface area contributed by atoms with Crippen molar-refractivity contribution in [1.29, 1.82) is 0 Å². The summed E-state index contributed by atoms with van der Waals surface area (Å²) in [6.45, 7) is 3.31. The SMILES string of the molecule is COc1cc(OC)c(-c2cn3ccc(N4CCC(CNSC5CC5)CC4)cc3n2)cc1Cl. The number of fused-ring (bicyclic) bond motifs is 1. The largest absolute Gasteiger partial charge is 0.496 e. The molecule has 0 bridgehead atoms. The minimum Gasteiger partial charge on any atom is -0.496 e. The number of hydrogen-bond acceptors (Lipinski definition) is 6. The molecule has 32 heavy (non-hydrogen) atoms. The van der Waals surface area contributed by atoms with E-state index in [1.54, 1.807) is 20.3 Å². The average molecular weight is 473 g/mol. The number of benzene rings is 1. The predicted octanol–water partition coefficient (Wildman–Crippen LogP) is 5.29. The molecule has 0 atom stereocenters. The topological polar surface area (TPSA) is 51.0 Å². The van der Waals surface area contributed by atoms with Gasteiger partial charge in [0.15, 0.2) is 0 Å². The van der Waals surface area contributed by atoms with Crippen LogP contribution in [-0.2, 0) is 0 Å². The number of rotatable bonds is 8. The lowest BCUT2D eigenvalue weighted by molar-refractivity contribution is 0.395. The molecule has 2 aromatic heterocycles. The molecule has 170 valence electrons. The Hall–Kier alpha value is -2.09. The molecule has 0 spiro atoms. The van der Waals surface area contributed by atoms with E-state index in [0.29, 0.717) is 16.5 Å². The third-order valence-electron chi connectivity index (χ3n) is 6.32. The fourth-order valence-corrected chi connectivity index (χ4v) is 5.40. The van der Waals surface area contributed by atoms with Crippen LogP contribution in [0.4, 0.5) is 5.69 Å². The van der Waals surface area contributed by atoms with Gasteiger partial charge in [-0.3, -0.25) is 4.72 Å². The maximum Gasteiger partial charge on any atom is 0.141 e. The van der Waals surface area contributed by atoms with Crippen molar-refractivity contribution in [3.05, 3.63) is 41.7 Å². The number of methoxy groups -OCH3 is 2. The van der Waals surface area contributed by atoms with Crippen molar-refractivity contribution in [2.75, 3.05) is 38.8 Å². The number of nitrogens with zero attached hydrogens (tertiary/aromatic N) is 3. The molecule has 1 aliphatic carbocycles. The first-order valence-corrected chi connectivity index (χ1v) is 12.4. The molecule has 0 amide bonds. The second kappa shape index (κ2) is 9.41. The van der Waals surface area contributed by atoms with Gasteiger partial charge in [-0.05, 0) is 43.7 Å². The van der Waals surface area contributed by atoms with Crippen LogP contribution in [0.3, 0.4) is 0 Å². The van der Waals surface area contributed by atoms with Gasteiger partial charge in [-0.25, -0.2) is 4.98 Å². The summed E-state index contributed by atoms with van der Waals surface area (Å²) in [4.78, 5) is 7.34. The zero-order valence-electron chi connectivity index (χ0n) is 18.5. The summed E-state index contributed by atoms with van der Waals surface area (Å²) >= 11 is 8.31. The second-order valence-corrected chi connectivity index (χ2v) is 10.2. The zero-order valence-corrected chi connectivity index (χ0v) is 20.1. The number of hydrogen-bond donors (Lipinski definition) is 1. The molecule has 2 fully saturated rings. The first kappa shape index (κ1) is 21.7. The van der Waals surface area contributed by atoms with E-state index >= 15 is 0 Å². The molecule has 2 aliphatic rings. The van der Waals surface area contributed by atoms with E-state index < -0.39 is 0 Å². The highest BCUT2D eigenvalue weighted by molar-refractivity contribution is 7.98. The van der Waals surface area contributed by atoms with E-state index in [4.69, 9.17) is 26.1 Å². The van der Waals surface area contributed by atoms with Crippen LogP contribution >= 0.6 is 23.5 Å². The molecule has 1 aliphatic heterocycles. The van der Waals surface area contributed by atoms with Crippen LogP contribution in [0.5, 0.6) is 11.5 Å². The van der Waals surface area contributed by atoms with Crippen molar-refractivity contribution in [2.45, 2.75) is 30.9 Å².